The van der Waals surface area contributed by atoms with E-state index in [0.717, 1.165) is 19.3 Å². The van der Waals surface area contributed by atoms with Crippen LogP contribution in [-0.4, -0.2) is 12.1 Å². The summed E-state index contributed by atoms with van der Waals surface area (Å²) in [7, 11) is 0. The number of hydrogen-bond acceptors (Lipinski definition) is 5. The molecule has 0 aromatic carbocycles. The molecular weight excluding hydrogens is 304 g/mol. The fraction of sp³-hybridized carbons (Fsp3) is 0.368. The van der Waals surface area contributed by atoms with E-state index in [9.17, 15) is 10.1 Å². The molecule has 4 aliphatic rings. The number of carbonyl (C=O) groups is 1. The maximum Gasteiger partial charge on any atom is 0.338 e. The number of rotatable bonds is 1. The van der Waals surface area contributed by atoms with Crippen LogP contribution in [-0.2, 0) is 14.3 Å². The van der Waals surface area contributed by atoms with E-state index >= 15 is 0 Å². The van der Waals surface area contributed by atoms with E-state index < -0.39 is 5.97 Å². The van der Waals surface area contributed by atoms with Gasteiger partial charge in [-0.2, -0.15) is 5.26 Å². The van der Waals surface area contributed by atoms with Gasteiger partial charge in [-0.1, -0.05) is 30.4 Å². The van der Waals surface area contributed by atoms with Crippen molar-refractivity contribution in [3.05, 3.63) is 59.2 Å². The Morgan fingerprint density at radius 2 is 2.08 bits per heavy atom. The van der Waals surface area contributed by atoms with Crippen LogP contribution in [0.15, 0.2) is 59.2 Å². The van der Waals surface area contributed by atoms with Crippen LogP contribution in [0.3, 0.4) is 0 Å². The number of esters is 1. The zero-order valence-electron chi connectivity index (χ0n) is 13.1. The first kappa shape index (κ1) is 14.8. The van der Waals surface area contributed by atoms with E-state index in [1.165, 1.54) is 0 Å². The molecule has 24 heavy (non-hydrogen) atoms. The predicted octanol–water partition coefficient (Wildman–Crippen LogP) is 2.60. The van der Waals surface area contributed by atoms with Crippen LogP contribution in [0.25, 0.3) is 0 Å². The van der Waals surface area contributed by atoms with Gasteiger partial charge in [0.25, 0.3) is 0 Å². The van der Waals surface area contributed by atoms with Crippen molar-refractivity contribution in [1.82, 2.24) is 0 Å². The number of nitrogens with two attached hydrogens (primary N) is 1. The summed E-state index contributed by atoms with van der Waals surface area (Å²) < 4.78 is 11.4. The molecule has 4 atom stereocenters. The number of ether oxygens (including phenoxy) is 2. The quantitative estimate of drug-likeness (QED) is 0.592. The Bertz CT molecular complexity index is 779. The van der Waals surface area contributed by atoms with Gasteiger partial charge in [-0.3, -0.25) is 0 Å². The molecule has 0 amide bonds. The van der Waals surface area contributed by atoms with Gasteiger partial charge in [-0.15, -0.1) is 0 Å². The zero-order chi connectivity index (χ0) is 16.7. The molecule has 122 valence electrons. The van der Waals surface area contributed by atoms with Gasteiger partial charge < -0.3 is 15.2 Å². The summed E-state index contributed by atoms with van der Waals surface area (Å²) in [5.41, 5.74) is 6.83. The van der Waals surface area contributed by atoms with Gasteiger partial charge in [-0.25, -0.2) is 4.79 Å². The van der Waals surface area contributed by atoms with Crippen LogP contribution in [0.4, 0.5) is 0 Å². The molecule has 0 bridgehead atoms. The second-order valence-corrected chi connectivity index (χ2v) is 6.44. The molecule has 0 radical (unpaired) electrons. The first-order valence-electron chi connectivity index (χ1n) is 8.25. The number of nitrogens with zero attached hydrogens (tertiary/aromatic N) is 1. The highest BCUT2D eigenvalue weighted by Gasteiger charge is 2.47. The van der Waals surface area contributed by atoms with Crippen molar-refractivity contribution >= 4 is 5.97 Å². The molecule has 2 heterocycles. The lowest BCUT2D eigenvalue weighted by Crippen LogP contribution is -2.41. The minimum absolute atomic E-state index is 0.0630. The summed E-state index contributed by atoms with van der Waals surface area (Å²) in [5, 5.41) is 9.58. The fourth-order valence-corrected chi connectivity index (χ4v) is 3.95. The molecule has 0 aromatic heterocycles. The van der Waals surface area contributed by atoms with Gasteiger partial charge in [0.05, 0.1) is 17.1 Å². The Kier molecular flexibility index (Phi) is 3.53. The van der Waals surface area contributed by atoms with Gasteiger partial charge in [0.1, 0.15) is 17.9 Å². The maximum absolute atomic E-state index is 12.7. The third-order valence-corrected chi connectivity index (χ3v) is 5.06. The Morgan fingerprint density at radius 1 is 1.25 bits per heavy atom. The van der Waals surface area contributed by atoms with E-state index in [1.807, 2.05) is 24.3 Å². The van der Waals surface area contributed by atoms with E-state index in [4.69, 9.17) is 15.2 Å². The van der Waals surface area contributed by atoms with Crippen LogP contribution in [0.1, 0.15) is 19.3 Å². The van der Waals surface area contributed by atoms with E-state index in [2.05, 4.69) is 18.2 Å². The summed E-state index contributed by atoms with van der Waals surface area (Å²) in [4.78, 5) is 12.7. The Morgan fingerprint density at radius 3 is 2.83 bits per heavy atom. The zero-order valence-corrected chi connectivity index (χ0v) is 13.1. The second kappa shape index (κ2) is 5.72. The van der Waals surface area contributed by atoms with E-state index in [0.29, 0.717) is 16.9 Å². The van der Waals surface area contributed by atoms with Crippen LogP contribution >= 0.6 is 0 Å². The minimum Gasteiger partial charge on any atom is -0.454 e. The van der Waals surface area contributed by atoms with E-state index in [1.54, 1.807) is 0 Å². The molecule has 0 saturated heterocycles. The molecule has 4 rings (SSSR count). The molecule has 2 N–H and O–H groups in total. The third-order valence-electron chi connectivity index (χ3n) is 5.06. The minimum atomic E-state index is -0.407. The molecule has 0 saturated carbocycles. The highest BCUT2D eigenvalue weighted by molar-refractivity contribution is 5.92. The van der Waals surface area contributed by atoms with Gasteiger partial charge in [0.15, 0.2) is 0 Å². The maximum atomic E-state index is 12.7. The highest BCUT2D eigenvalue weighted by atomic mass is 16.6. The van der Waals surface area contributed by atoms with Gasteiger partial charge in [0.2, 0.25) is 5.88 Å². The molecule has 0 aromatic rings. The molecular formula is C19H18N2O3. The van der Waals surface area contributed by atoms with Crippen molar-refractivity contribution in [2.75, 3.05) is 0 Å². The van der Waals surface area contributed by atoms with Gasteiger partial charge >= 0.3 is 5.97 Å². The predicted molar refractivity (Wildman–Crippen MR) is 86.6 cm³/mol. The SMILES string of the molecule is N#CC1=C(N)OC2=C(C(=O)O[C@H]3C=CC=C[C@@H]23)[C@@H]1[C@H]1C=CCCC1. The molecule has 2 aliphatic heterocycles. The lowest BCUT2D eigenvalue weighted by molar-refractivity contribution is -0.147. The lowest BCUT2D eigenvalue weighted by atomic mass is 9.72. The molecule has 5 heteroatoms. The topological polar surface area (TPSA) is 85.3 Å². The van der Waals surface area contributed by atoms with Crippen LogP contribution in [0.2, 0.25) is 0 Å². The van der Waals surface area contributed by atoms with Crippen molar-refractivity contribution in [3.63, 3.8) is 0 Å². The first-order valence-corrected chi connectivity index (χ1v) is 8.25. The van der Waals surface area contributed by atoms with Crippen molar-refractivity contribution in [2.45, 2.75) is 25.4 Å². The van der Waals surface area contributed by atoms with Crippen molar-refractivity contribution < 1.29 is 14.3 Å². The van der Waals surface area contributed by atoms with Crippen LogP contribution < -0.4 is 5.73 Å². The van der Waals surface area contributed by atoms with Crippen molar-refractivity contribution in [3.8, 4) is 6.07 Å². The summed E-state index contributed by atoms with van der Waals surface area (Å²) in [6.07, 6.45) is 14.3. The third kappa shape index (κ3) is 2.18. The Labute approximate surface area is 140 Å². The van der Waals surface area contributed by atoms with Crippen molar-refractivity contribution in [1.29, 1.82) is 5.26 Å². The molecule has 0 spiro atoms. The van der Waals surface area contributed by atoms with E-state index in [-0.39, 0.29) is 29.7 Å². The molecule has 5 nitrogen and oxygen atoms in total. The normalized spacial score (nSPS) is 34.2. The van der Waals surface area contributed by atoms with Crippen molar-refractivity contribution in [2.24, 2.45) is 23.5 Å². The monoisotopic (exact) mass is 322 g/mol. The molecule has 0 fully saturated rings. The standard InChI is InChI=1S/C19H18N2O3/c20-10-13-15(11-6-2-1-3-7-11)16-17(24-18(13)21)12-8-4-5-9-14(12)23-19(16)22/h2,4-6,8-9,11-12,14-15H,1,3,7,21H2/t11-,12+,14-,15+/m0/s1. The molecule has 0 unspecified atom stereocenters. The Balaban J connectivity index is 1.84. The summed E-state index contributed by atoms with van der Waals surface area (Å²) in [5.74, 6) is -0.267. The lowest BCUT2D eigenvalue weighted by Gasteiger charge is -2.39. The first-order chi connectivity index (χ1) is 11.7. The Hall–Kier alpha value is -2.74. The average molecular weight is 322 g/mol. The van der Waals surface area contributed by atoms with Gasteiger partial charge in [0, 0.05) is 5.92 Å². The smallest absolute Gasteiger partial charge is 0.338 e. The number of allylic oxidation sites excluding steroid dienone is 5. The summed E-state index contributed by atoms with van der Waals surface area (Å²) in [6.45, 7) is 0. The number of nitriles is 1. The van der Waals surface area contributed by atoms with Crippen LogP contribution in [0.5, 0.6) is 0 Å². The largest absolute Gasteiger partial charge is 0.454 e. The second-order valence-electron chi connectivity index (χ2n) is 6.44. The summed E-state index contributed by atoms with van der Waals surface area (Å²) >= 11 is 0. The molecule has 2 aliphatic carbocycles. The number of fused-ring (bicyclic) bond motifs is 2. The number of carbonyl (C=O) groups excluding carboxylic acids is 1. The van der Waals surface area contributed by atoms with Crippen LogP contribution in [0, 0.1) is 29.1 Å². The number of hydrogen-bond donors (Lipinski definition) is 1. The average Bonchev–Trinajstić information content (AvgIpc) is 2.61. The fourth-order valence-electron chi connectivity index (χ4n) is 3.95. The summed E-state index contributed by atoms with van der Waals surface area (Å²) in [6, 6.07) is 2.15. The highest BCUT2D eigenvalue weighted by Crippen LogP contribution is 2.46. The van der Waals surface area contributed by atoms with Gasteiger partial charge in [-0.05, 0) is 31.3 Å².